The lowest BCUT2D eigenvalue weighted by atomic mass is 10.1. The van der Waals surface area contributed by atoms with Crippen molar-refractivity contribution in [2.75, 3.05) is 6.61 Å². The van der Waals surface area contributed by atoms with Crippen LogP contribution in [0.1, 0.15) is 12.5 Å². The third-order valence-electron chi connectivity index (χ3n) is 5.18. The fourth-order valence-corrected chi connectivity index (χ4v) is 4.48. The minimum absolute atomic E-state index is 0.474. The molecule has 5 aromatic rings. The van der Waals surface area contributed by atoms with Gasteiger partial charge in [-0.1, -0.05) is 53.6 Å². The van der Waals surface area contributed by atoms with Gasteiger partial charge in [0, 0.05) is 21.4 Å². The number of rotatable bonds is 5. The minimum atomic E-state index is 0.474. The van der Waals surface area contributed by atoms with Gasteiger partial charge in [-0.2, -0.15) is 0 Å². The smallest absolute Gasteiger partial charge is 0.230 e. The van der Waals surface area contributed by atoms with Gasteiger partial charge in [-0.15, -0.1) is 11.3 Å². The van der Waals surface area contributed by atoms with Crippen molar-refractivity contribution in [2.45, 2.75) is 13.8 Å². The molecule has 2 heterocycles. The first-order chi connectivity index (χ1) is 16.1. The average Bonchev–Trinajstić information content (AvgIpc) is 3.31. The van der Waals surface area contributed by atoms with Crippen molar-refractivity contribution in [1.82, 2.24) is 4.98 Å². The molecule has 3 aromatic carbocycles. The first-order valence-electron chi connectivity index (χ1n) is 10.6. The molecule has 0 aliphatic heterocycles. The van der Waals surface area contributed by atoms with Crippen LogP contribution in [0.15, 0.2) is 87.6 Å². The molecule has 5 rings (SSSR count). The Bertz CT molecular complexity index is 1490. The molecule has 0 saturated heterocycles. The summed E-state index contributed by atoms with van der Waals surface area (Å²) in [5.41, 5.74) is 5.93. The zero-order valence-electron chi connectivity index (χ0n) is 18.2. The topological polar surface area (TPSA) is 47.6 Å². The first kappa shape index (κ1) is 21.4. The number of aryl methyl sites for hydroxylation is 1. The van der Waals surface area contributed by atoms with Crippen LogP contribution in [0.5, 0.6) is 5.75 Å². The molecule has 0 radical (unpaired) electrons. The van der Waals surface area contributed by atoms with E-state index in [0.717, 1.165) is 32.9 Å². The fourth-order valence-electron chi connectivity index (χ4n) is 3.52. The van der Waals surface area contributed by atoms with Gasteiger partial charge in [0.15, 0.2) is 11.3 Å². The Kier molecular flexibility index (Phi) is 5.99. The molecule has 0 fully saturated rings. The largest absolute Gasteiger partial charge is 0.490 e. The molecule has 0 spiro atoms. The average molecular weight is 473 g/mol. The van der Waals surface area contributed by atoms with Gasteiger partial charge in [0.1, 0.15) is 5.01 Å². The highest BCUT2D eigenvalue weighted by Crippen LogP contribution is 2.32. The molecular weight excluding hydrogens is 452 g/mol. The van der Waals surface area contributed by atoms with Crippen LogP contribution < -0.4 is 10.3 Å². The van der Waals surface area contributed by atoms with E-state index in [1.165, 1.54) is 5.56 Å². The van der Waals surface area contributed by atoms with Gasteiger partial charge in [-0.3, -0.25) is 0 Å². The number of hydrogen-bond acceptors (Lipinski definition) is 5. The number of ether oxygens (including phenoxy) is 1. The Morgan fingerprint density at radius 2 is 1.82 bits per heavy atom. The molecular formula is C27H21ClN2O2S. The second kappa shape index (κ2) is 9.22. The standard InChI is InChI=1S/C27H21ClN2O2S/c1-3-31-24-6-4-5-19-15-22(26(32-25(19)24)29-21-13-11-20(28)12-14-21)27-30-23(16-33-27)18-9-7-17(2)8-10-18/h4-16H,3H2,1-2H3. The predicted octanol–water partition coefficient (Wildman–Crippen LogP) is 7.82. The summed E-state index contributed by atoms with van der Waals surface area (Å²) in [6, 6.07) is 23.6. The maximum Gasteiger partial charge on any atom is 0.230 e. The van der Waals surface area contributed by atoms with Crippen molar-refractivity contribution in [3.63, 3.8) is 0 Å². The van der Waals surface area contributed by atoms with E-state index < -0.39 is 0 Å². The van der Waals surface area contributed by atoms with Crippen molar-refractivity contribution in [3.05, 3.63) is 94.3 Å². The first-order valence-corrected chi connectivity index (χ1v) is 11.9. The van der Waals surface area contributed by atoms with Crippen LogP contribution >= 0.6 is 22.9 Å². The van der Waals surface area contributed by atoms with Gasteiger partial charge in [0.25, 0.3) is 0 Å². The molecule has 0 N–H and O–H groups in total. The second-order valence-corrected chi connectivity index (χ2v) is 8.86. The second-order valence-electron chi connectivity index (χ2n) is 7.56. The maximum atomic E-state index is 6.34. The highest BCUT2D eigenvalue weighted by molar-refractivity contribution is 7.13. The maximum absolute atomic E-state index is 6.34. The van der Waals surface area contributed by atoms with Gasteiger partial charge in [-0.05, 0) is 50.2 Å². The SMILES string of the molecule is CCOc1cccc2cc(-c3nc(-c4ccc(C)cc4)cs3)c(=Nc3ccc(Cl)cc3)oc12. The number of benzene rings is 3. The Morgan fingerprint density at radius 1 is 1.03 bits per heavy atom. The van der Waals surface area contributed by atoms with E-state index in [2.05, 4.69) is 42.6 Å². The summed E-state index contributed by atoms with van der Waals surface area (Å²) >= 11 is 7.62. The van der Waals surface area contributed by atoms with E-state index in [4.69, 9.17) is 30.7 Å². The van der Waals surface area contributed by atoms with Crippen molar-refractivity contribution in [3.8, 4) is 27.6 Å². The quantitative estimate of drug-likeness (QED) is 0.262. The Hall–Kier alpha value is -3.41. The summed E-state index contributed by atoms with van der Waals surface area (Å²) in [5.74, 6) is 0.689. The minimum Gasteiger partial charge on any atom is -0.490 e. The van der Waals surface area contributed by atoms with Crippen LogP contribution in [-0.2, 0) is 0 Å². The molecule has 0 aliphatic rings. The van der Waals surface area contributed by atoms with Crippen LogP contribution in [0.3, 0.4) is 0 Å². The molecule has 0 amide bonds. The predicted molar refractivity (Wildman–Crippen MR) is 135 cm³/mol. The molecule has 0 aliphatic carbocycles. The Labute approximate surface area is 200 Å². The lowest BCUT2D eigenvalue weighted by Gasteiger charge is -2.08. The third kappa shape index (κ3) is 4.56. The highest BCUT2D eigenvalue weighted by atomic mass is 35.5. The molecule has 0 unspecified atom stereocenters. The van der Waals surface area contributed by atoms with Gasteiger partial charge in [0.2, 0.25) is 5.55 Å². The lowest BCUT2D eigenvalue weighted by Crippen LogP contribution is -2.06. The van der Waals surface area contributed by atoms with Crippen molar-refractivity contribution in [2.24, 2.45) is 4.99 Å². The molecule has 4 nitrogen and oxygen atoms in total. The van der Waals surface area contributed by atoms with E-state index >= 15 is 0 Å². The number of aromatic nitrogens is 1. The van der Waals surface area contributed by atoms with E-state index in [9.17, 15) is 0 Å². The normalized spacial score (nSPS) is 11.8. The van der Waals surface area contributed by atoms with E-state index in [-0.39, 0.29) is 0 Å². The zero-order valence-corrected chi connectivity index (χ0v) is 19.8. The summed E-state index contributed by atoms with van der Waals surface area (Å²) in [4.78, 5) is 9.70. The number of para-hydroxylation sites is 1. The van der Waals surface area contributed by atoms with E-state index in [0.29, 0.717) is 28.5 Å². The molecule has 6 heteroatoms. The van der Waals surface area contributed by atoms with Crippen LogP contribution in [0.2, 0.25) is 5.02 Å². The van der Waals surface area contributed by atoms with E-state index in [1.807, 2.05) is 49.4 Å². The molecule has 0 atom stereocenters. The zero-order chi connectivity index (χ0) is 22.8. The summed E-state index contributed by atoms with van der Waals surface area (Å²) in [5, 5.41) is 4.49. The Morgan fingerprint density at radius 3 is 2.58 bits per heavy atom. The number of thiazole rings is 1. The van der Waals surface area contributed by atoms with Gasteiger partial charge < -0.3 is 9.15 Å². The van der Waals surface area contributed by atoms with Crippen molar-refractivity contribution >= 4 is 39.6 Å². The van der Waals surface area contributed by atoms with Crippen LogP contribution in [-0.4, -0.2) is 11.6 Å². The van der Waals surface area contributed by atoms with E-state index in [1.54, 1.807) is 11.3 Å². The van der Waals surface area contributed by atoms with Crippen LogP contribution in [0.25, 0.3) is 32.8 Å². The number of hydrogen-bond donors (Lipinski definition) is 0. The fraction of sp³-hybridized carbons (Fsp3) is 0.111. The highest BCUT2D eigenvalue weighted by Gasteiger charge is 2.14. The van der Waals surface area contributed by atoms with Crippen molar-refractivity contribution < 1.29 is 9.15 Å². The molecule has 33 heavy (non-hydrogen) atoms. The summed E-state index contributed by atoms with van der Waals surface area (Å²) in [7, 11) is 0. The monoisotopic (exact) mass is 472 g/mol. The number of nitrogens with zero attached hydrogens (tertiary/aromatic N) is 2. The molecule has 0 bridgehead atoms. The van der Waals surface area contributed by atoms with Gasteiger partial charge in [0.05, 0.1) is 23.6 Å². The van der Waals surface area contributed by atoms with Gasteiger partial charge in [-0.25, -0.2) is 9.98 Å². The molecule has 0 saturated carbocycles. The number of fused-ring (bicyclic) bond motifs is 1. The summed E-state index contributed by atoms with van der Waals surface area (Å²) < 4.78 is 12.1. The number of halogens is 1. The Balaban J connectivity index is 1.70. The summed E-state index contributed by atoms with van der Waals surface area (Å²) in [6.07, 6.45) is 0. The molecule has 2 aromatic heterocycles. The molecule has 164 valence electrons. The van der Waals surface area contributed by atoms with Crippen LogP contribution in [0, 0.1) is 6.92 Å². The van der Waals surface area contributed by atoms with Gasteiger partial charge >= 0.3 is 0 Å². The van der Waals surface area contributed by atoms with Crippen LogP contribution in [0.4, 0.5) is 5.69 Å². The van der Waals surface area contributed by atoms with Crippen molar-refractivity contribution in [1.29, 1.82) is 0 Å². The lowest BCUT2D eigenvalue weighted by molar-refractivity contribution is 0.337. The third-order valence-corrected chi connectivity index (χ3v) is 6.30. The summed E-state index contributed by atoms with van der Waals surface area (Å²) in [6.45, 7) is 4.58.